The second-order valence-corrected chi connectivity index (χ2v) is 6.85. The predicted molar refractivity (Wildman–Crippen MR) is 99.7 cm³/mol. The molecule has 0 atom stereocenters. The molecule has 0 fully saturated rings. The van der Waals surface area contributed by atoms with Gasteiger partial charge in [0.15, 0.2) is 0 Å². The molecule has 1 aromatic carbocycles. The highest BCUT2D eigenvalue weighted by Crippen LogP contribution is 2.17. The van der Waals surface area contributed by atoms with Gasteiger partial charge in [-0.25, -0.2) is 0 Å². The summed E-state index contributed by atoms with van der Waals surface area (Å²) in [5, 5.41) is 7.59. The molecule has 0 aliphatic carbocycles. The molecule has 1 N–H and O–H groups in total. The molecule has 0 unspecified atom stereocenters. The van der Waals surface area contributed by atoms with Crippen LogP contribution in [0.15, 0.2) is 24.3 Å². The van der Waals surface area contributed by atoms with E-state index in [0.717, 1.165) is 30.0 Å². The Balaban J connectivity index is 1.88. The smallest absolute Gasteiger partial charge is 0.220 e. The lowest BCUT2D eigenvalue weighted by molar-refractivity contribution is -0.121. The highest BCUT2D eigenvalue weighted by atomic mass is 16.5. The van der Waals surface area contributed by atoms with E-state index in [1.165, 1.54) is 11.3 Å². The minimum atomic E-state index is 0.0539. The molecule has 136 valence electrons. The third-order valence-corrected chi connectivity index (χ3v) is 4.30. The Kier molecular flexibility index (Phi) is 6.62. The lowest BCUT2D eigenvalue weighted by Gasteiger charge is -2.09. The number of nitrogens with zero attached hydrogens (tertiary/aromatic N) is 2. The van der Waals surface area contributed by atoms with E-state index < -0.39 is 0 Å². The predicted octanol–water partition coefficient (Wildman–Crippen LogP) is 3.41. The van der Waals surface area contributed by atoms with Gasteiger partial charge < -0.3 is 10.1 Å². The number of methoxy groups -OCH3 is 1. The molecule has 0 saturated heterocycles. The fourth-order valence-corrected chi connectivity index (χ4v) is 2.93. The van der Waals surface area contributed by atoms with Crippen molar-refractivity contribution in [3.05, 3.63) is 46.8 Å². The van der Waals surface area contributed by atoms with Crippen LogP contribution in [-0.2, 0) is 24.3 Å². The second-order valence-electron chi connectivity index (χ2n) is 6.85. The number of benzene rings is 1. The number of carbonyl (C=O) groups excluding carboxylic acids is 1. The first-order valence-electron chi connectivity index (χ1n) is 8.83. The zero-order valence-electron chi connectivity index (χ0n) is 15.9. The summed E-state index contributed by atoms with van der Waals surface area (Å²) in [4.78, 5) is 12.2. The number of hydrogen-bond donors (Lipinski definition) is 1. The van der Waals surface area contributed by atoms with Crippen molar-refractivity contribution >= 4 is 5.91 Å². The third kappa shape index (κ3) is 5.34. The normalized spacial score (nSPS) is 11.0. The summed E-state index contributed by atoms with van der Waals surface area (Å²) >= 11 is 0. The van der Waals surface area contributed by atoms with E-state index in [9.17, 15) is 4.79 Å². The van der Waals surface area contributed by atoms with E-state index in [1.807, 2.05) is 31.2 Å². The number of aromatic nitrogens is 2. The molecule has 0 spiro atoms. The third-order valence-electron chi connectivity index (χ3n) is 4.30. The largest absolute Gasteiger partial charge is 0.497 e. The molecule has 2 rings (SSSR count). The Morgan fingerprint density at radius 1 is 1.32 bits per heavy atom. The zero-order chi connectivity index (χ0) is 18.4. The van der Waals surface area contributed by atoms with Crippen LogP contribution in [0.25, 0.3) is 0 Å². The Morgan fingerprint density at radius 3 is 2.76 bits per heavy atom. The van der Waals surface area contributed by atoms with Crippen molar-refractivity contribution in [1.82, 2.24) is 15.1 Å². The SMILES string of the molecule is COc1cccc(CNC(=O)CCc2c(C)nn(CC(C)C)c2C)c1. The molecule has 0 bridgehead atoms. The average Bonchev–Trinajstić information content (AvgIpc) is 2.84. The first kappa shape index (κ1) is 19.0. The molecular weight excluding hydrogens is 314 g/mol. The molecule has 1 amide bonds. The van der Waals surface area contributed by atoms with Gasteiger partial charge >= 0.3 is 0 Å². The lowest BCUT2D eigenvalue weighted by Crippen LogP contribution is -2.23. The molecule has 0 radical (unpaired) electrons. The number of ether oxygens (including phenoxy) is 1. The van der Waals surface area contributed by atoms with Crippen molar-refractivity contribution in [2.24, 2.45) is 5.92 Å². The molecule has 5 nitrogen and oxygen atoms in total. The van der Waals surface area contributed by atoms with Gasteiger partial charge in [-0.2, -0.15) is 5.10 Å². The maximum absolute atomic E-state index is 12.2. The van der Waals surface area contributed by atoms with Gasteiger partial charge in [0.1, 0.15) is 5.75 Å². The van der Waals surface area contributed by atoms with Crippen molar-refractivity contribution in [1.29, 1.82) is 0 Å². The topological polar surface area (TPSA) is 56.1 Å². The van der Waals surface area contributed by atoms with Crippen LogP contribution in [0.5, 0.6) is 5.75 Å². The fourth-order valence-electron chi connectivity index (χ4n) is 2.93. The molecule has 2 aromatic rings. The number of nitrogens with one attached hydrogen (secondary N) is 1. The maximum Gasteiger partial charge on any atom is 0.220 e. The van der Waals surface area contributed by atoms with E-state index in [1.54, 1.807) is 7.11 Å². The molecule has 25 heavy (non-hydrogen) atoms. The highest BCUT2D eigenvalue weighted by Gasteiger charge is 2.13. The van der Waals surface area contributed by atoms with E-state index in [4.69, 9.17) is 4.74 Å². The van der Waals surface area contributed by atoms with Gasteiger partial charge in [0.25, 0.3) is 0 Å². The number of hydrogen-bond acceptors (Lipinski definition) is 3. The lowest BCUT2D eigenvalue weighted by atomic mass is 10.1. The molecule has 1 heterocycles. The Morgan fingerprint density at radius 2 is 2.08 bits per heavy atom. The standard InChI is InChI=1S/C20H29N3O2/c1-14(2)13-23-16(4)19(15(3)22-23)9-10-20(24)21-12-17-7-6-8-18(11-17)25-5/h6-8,11,14H,9-10,12-13H2,1-5H3,(H,21,24). The summed E-state index contributed by atoms with van der Waals surface area (Å²) in [5.41, 5.74) is 4.42. The second kappa shape index (κ2) is 8.70. The van der Waals surface area contributed by atoms with Gasteiger partial charge in [0.05, 0.1) is 12.8 Å². The quantitative estimate of drug-likeness (QED) is 0.799. The van der Waals surface area contributed by atoms with Crippen molar-refractivity contribution in [2.45, 2.75) is 53.6 Å². The van der Waals surface area contributed by atoms with Gasteiger partial charge in [0.2, 0.25) is 5.91 Å². The first-order valence-corrected chi connectivity index (χ1v) is 8.83. The van der Waals surface area contributed by atoms with E-state index >= 15 is 0 Å². The molecular formula is C20H29N3O2. The van der Waals surface area contributed by atoms with Crippen molar-refractivity contribution in [3.8, 4) is 5.75 Å². The summed E-state index contributed by atoms with van der Waals surface area (Å²) < 4.78 is 7.26. The first-order chi connectivity index (χ1) is 11.9. The zero-order valence-corrected chi connectivity index (χ0v) is 15.9. The van der Waals surface area contributed by atoms with Crippen LogP contribution in [0, 0.1) is 19.8 Å². The van der Waals surface area contributed by atoms with Crippen LogP contribution in [-0.4, -0.2) is 22.8 Å². The fraction of sp³-hybridized carbons (Fsp3) is 0.500. The van der Waals surface area contributed by atoms with Crippen LogP contribution >= 0.6 is 0 Å². The van der Waals surface area contributed by atoms with Crippen molar-refractivity contribution in [2.75, 3.05) is 7.11 Å². The molecule has 1 aromatic heterocycles. The van der Waals surface area contributed by atoms with Crippen LogP contribution in [0.2, 0.25) is 0 Å². The van der Waals surface area contributed by atoms with Crippen molar-refractivity contribution < 1.29 is 9.53 Å². The minimum absolute atomic E-state index is 0.0539. The number of carbonyl (C=O) groups is 1. The van der Waals surface area contributed by atoms with Crippen molar-refractivity contribution in [3.63, 3.8) is 0 Å². The molecule has 0 aliphatic heterocycles. The van der Waals surface area contributed by atoms with Gasteiger partial charge in [-0.1, -0.05) is 26.0 Å². The number of rotatable bonds is 8. The monoisotopic (exact) mass is 343 g/mol. The van der Waals surface area contributed by atoms with Crippen LogP contribution in [0.4, 0.5) is 0 Å². The number of amides is 1. The minimum Gasteiger partial charge on any atom is -0.497 e. The maximum atomic E-state index is 12.2. The van der Waals surface area contributed by atoms with E-state index in [-0.39, 0.29) is 5.91 Å². The summed E-state index contributed by atoms with van der Waals surface area (Å²) in [5.74, 6) is 1.41. The van der Waals surface area contributed by atoms with Crippen LogP contribution in [0.1, 0.15) is 42.8 Å². The Labute approximate surface area is 150 Å². The van der Waals surface area contributed by atoms with Gasteiger partial charge in [-0.05, 0) is 49.4 Å². The van der Waals surface area contributed by atoms with Crippen LogP contribution in [0.3, 0.4) is 0 Å². The van der Waals surface area contributed by atoms with E-state index in [0.29, 0.717) is 18.9 Å². The Bertz CT molecular complexity index is 720. The summed E-state index contributed by atoms with van der Waals surface area (Å²) in [6, 6.07) is 7.74. The van der Waals surface area contributed by atoms with Gasteiger partial charge in [0, 0.05) is 25.2 Å². The molecule has 0 saturated carbocycles. The highest BCUT2D eigenvalue weighted by molar-refractivity contribution is 5.76. The summed E-state index contributed by atoms with van der Waals surface area (Å²) in [6.07, 6.45) is 1.19. The van der Waals surface area contributed by atoms with Crippen LogP contribution < -0.4 is 10.1 Å². The Hall–Kier alpha value is -2.30. The van der Waals surface area contributed by atoms with Gasteiger partial charge in [-0.15, -0.1) is 0 Å². The van der Waals surface area contributed by atoms with E-state index in [2.05, 4.69) is 35.9 Å². The average molecular weight is 343 g/mol. The number of aryl methyl sites for hydroxylation is 1. The molecule has 5 heteroatoms. The van der Waals surface area contributed by atoms with Gasteiger partial charge in [-0.3, -0.25) is 9.48 Å². The summed E-state index contributed by atoms with van der Waals surface area (Å²) in [6.45, 7) is 9.90. The summed E-state index contributed by atoms with van der Waals surface area (Å²) in [7, 11) is 1.64. The molecule has 0 aliphatic rings.